The molecule has 104 valence electrons. The monoisotopic (exact) mass is 350 g/mol. The van der Waals surface area contributed by atoms with Gasteiger partial charge in [-0.15, -0.1) is 0 Å². The molecule has 1 saturated carbocycles. The van der Waals surface area contributed by atoms with E-state index in [2.05, 4.69) is 27.0 Å². The molecule has 0 radical (unpaired) electrons. The summed E-state index contributed by atoms with van der Waals surface area (Å²) in [7, 11) is 0. The molecule has 2 N–H and O–H groups in total. The lowest BCUT2D eigenvalue weighted by Gasteiger charge is -2.40. The van der Waals surface area contributed by atoms with Gasteiger partial charge >= 0.3 is 0 Å². The number of nitrogens with two attached hydrogens (primary N) is 1. The van der Waals surface area contributed by atoms with E-state index in [1.165, 1.54) is 24.1 Å². The van der Waals surface area contributed by atoms with Crippen molar-refractivity contribution < 1.29 is 4.74 Å². The average Bonchev–Trinajstić information content (AvgIpc) is 2.84. The van der Waals surface area contributed by atoms with Crippen molar-refractivity contribution in [1.29, 1.82) is 0 Å². The number of halogens is 1. The Kier molecular flexibility index (Phi) is 2.82. The second-order valence-corrected chi connectivity index (χ2v) is 7.47. The predicted molar refractivity (Wildman–Crippen MR) is 85.1 cm³/mol. The van der Waals surface area contributed by atoms with Crippen molar-refractivity contribution in [1.82, 2.24) is 4.98 Å². The second kappa shape index (κ2) is 4.46. The first kappa shape index (κ1) is 12.7. The third-order valence-electron chi connectivity index (χ3n) is 4.22. The van der Waals surface area contributed by atoms with Gasteiger partial charge in [0.2, 0.25) is 0 Å². The molecule has 1 aromatic heterocycles. The Morgan fingerprint density at radius 1 is 1.25 bits per heavy atom. The minimum Gasteiger partial charge on any atom is -0.481 e. The van der Waals surface area contributed by atoms with Crippen LogP contribution in [0.15, 0.2) is 22.7 Å². The Balaban J connectivity index is 1.94. The first-order valence-electron chi connectivity index (χ1n) is 6.94. The van der Waals surface area contributed by atoms with Gasteiger partial charge in [-0.3, -0.25) is 0 Å². The van der Waals surface area contributed by atoms with Crippen LogP contribution in [0.25, 0.3) is 11.3 Å². The van der Waals surface area contributed by atoms with Gasteiger partial charge < -0.3 is 10.5 Å². The predicted octanol–water partition coefficient (Wildman–Crippen LogP) is 4.71. The van der Waals surface area contributed by atoms with Crippen molar-refractivity contribution in [3.63, 3.8) is 0 Å². The molecule has 4 rings (SSSR count). The van der Waals surface area contributed by atoms with Crippen LogP contribution in [0, 0.1) is 0 Å². The molecule has 1 aliphatic carbocycles. The van der Waals surface area contributed by atoms with E-state index in [9.17, 15) is 0 Å². The molecular formula is C15H15BrN2OS. The summed E-state index contributed by atoms with van der Waals surface area (Å²) in [6.07, 6.45) is 5.85. The lowest BCUT2D eigenvalue weighted by molar-refractivity contribution is 0.0273. The van der Waals surface area contributed by atoms with E-state index in [0.717, 1.165) is 34.3 Å². The van der Waals surface area contributed by atoms with Crippen LogP contribution < -0.4 is 10.5 Å². The van der Waals surface area contributed by atoms with E-state index >= 15 is 0 Å². The standard InChI is InChI=1S/C15H15BrN2OS/c16-9-4-5-11-10(8-9)12-13(20-14(17)18-12)15(19-11)6-2-1-3-7-15/h4-5,8H,1-3,6-7H2,(H2,17,18). The fraction of sp³-hybridized carbons (Fsp3) is 0.400. The third kappa shape index (κ3) is 1.79. The molecule has 0 atom stereocenters. The second-order valence-electron chi connectivity index (χ2n) is 5.53. The first-order chi connectivity index (χ1) is 9.68. The van der Waals surface area contributed by atoms with Crippen LogP contribution in [0.4, 0.5) is 5.13 Å². The van der Waals surface area contributed by atoms with E-state index in [4.69, 9.17) is 10.5 Å². The van der Waals surface area contributed by atoms with Gasteiger partial charge in [0.15, 0.2) is 5.13 Å². The molecule has 1 fully saturated rings. The average molecular weight is 351 g/mol. The molecule has 0 saturated heterocycles. The topological polar surface area (TPSA) is 48.1 Å². The van der Waals surface area contributed by atoms with Crippen molar-refractivity contribution in [2.24, 2.45) is 0 Å². The number of rotatable bonds is 0. The van der Waals surface area contributed by atoms with Crippen molar-refractivity contribution in [3.8, 4) is 17.0 Å². The molecule has 0 amide bonds. The Labute approximate surface area is 130 Å². The number of nitrogen functional groups attached to an aromatic ring is 1. The molecule has 20 heavy (non-hydrogen) atoms. The number of benzene rings is 1. The SMILES string of the molecule is Nc1nc2c(s1)C1(CCCCC1)Oc1ccc(Br)cc1-2. The molecule has 1 aromatic carbocycles. The maximum atomic E-state index is 6.45. The van der Waals surface area contributed by atoms with Crippen molar-refractivity contribution in [2.45, 2.75) is 37.7 Å². The molecular weight excluding hydrogens is 336 g/mol. The van der Waals surface area contributed by atoms with Crippen LogP contribution in [0.1, 0.15) is 37.0 Å². The van der Waals surface area contributed by atoms with Crippen molar-refractivity contribution in [3.05, 3.63) is 27.5 Å². The Morgan fingerprint density at radius 3 is 2.85 bits per heavy atom. The lowest BCUT2D eigenvalue weighted by atomic mass is 9.80. The summed E-state index contributed by atoms with van der Waals surface area (Å²) >= 11 is 5.12. The minimum atomic E-state index is -0.191. The highest BCUT2D eigenvalue weighted by Crippen LogP contribution is 2.53. The Bertz CT molecular complexity index is 677. The van der Waals surface area contributed by atoms with Gasteiger partial charge in [0.05, 0.1) is 10.6 Å². The zero-order chi connectivity index (χ0) is 13.7. The number of hydrogen-bond acceptors (Lipinski definition) is 4. The Morgan fingerprint density at radius 2 is 2.05 bits per heavy atom. The fourth-order valence-corrected chi connectivity index (χ4v) is 4.70. The number of anilines is 1. The molecule has 3 nitrogen and oxygen atoms in total. The highest BCUT2D eigenvalue weighted by Gasteiger charge is 2.44. The number of ether oxygens (including phenoxy) is 1. The lowest BCUT2D eigenvalue weighted by Crippen LogP contribution is -2.37. The van der Waals surface area contributed by atoms with E-state index in [1.54, 1.807) is 11.3 Å². The van der Waals surface area contributed by atoms with E-state index in [0.29, 0.717) is 5.13 Å². The van der Waals surface area contributed by atoms with Crippen LogP contribution in [0.5, 0.6) is 5.75 Å². The van der Waals surface area contributed by atoms with Crippen LogP contribution in [-0.4, -0.2) is 4.98 Å². The molecule has 2 heterocycles. The number of thiazole rings is 1. The highest BCUT2D eigenvalue weighted by atomic mass is 79.9. The zero-order valence-corrected chi connectivity index (χ0v) is 13.4. The minimum absolute atomic E-state index is 0.191. The first-order valence-corrected chi connectivity index (χ1v) is 8.55. The molecule has 0 bridgehead atoms. The van der Waals surface area contributed by atoms with Crippen molar-refractivity contribution in [2.75, 3.05) is 5.73 Å². The molecule has 0 unspecified atom stereocenters. The zero-order valence-electron chi connectivity index (χ0n) is 11.0. The van der Waals surface area contributed by atoms with Gasteiger partial charge in [-0.2, -0.15) is 0 Å². The number of fused-ring (bicyclic) bond motifs is 4. The van der Waals surface area contributed by atoms with Gasteiger partial charge in [-0.05, 0) is 43.9 Å². The molecule has 1 spiro atoms. The van der Waals surface area contributed by atoms with E-state index in [-0.39, 0.29) is 5.60 Å². The number of hydrogen-bond donors (Lipinski definition) is 1. The summed E-state index contributed by atoms with van der Waals surface area (Å²) in [5.41, 5.74) is 7.87. The highest BCUT2D eigenvalue weighted by molar-refractivity contribution is 9.10. The number of aromatic nitrogens is 1. The normalized spacial score (nSPS) is 19.2. The molecule has 2 aliphatic rings. The third-order valence-corrected chi connectivity index (χ3v) is 5.78. The van der Waals surface area contributed by atoms with E-state index in [1.807, 2.05) is 12.1 Å². The van der Waals surface area contributed by atoms with Gasteiger partial charge in [0, 0.05) is 10.0 Å². The molecule has 2 aromatic rings. The summed E-state index contributed by atoms with van der Waals surface area (Å²) in [5.74, 6) is 0.938. The van der Waals surface area contributed by atoms with Gasteiger partial charge in [-0.1, -0.05) is 33.7 Å². The van der Waals surface area contributed by atoms with Crippen molar-refractivity contribution >= 4 is 32.4 Å². The summed E-state index contributed by atoms with van der Waals surface area (Å²) in [6.45, 7) is 0. The summed E-state index contributed by atoms with van der Waals surface area (Å²) < 4.78 is 7.49. The smallest absolute Gasteiger partial charge is 0.180 e. The Hall–Kier alpha value is -1.07. The summed E-state index contributed by atoms with van der Waals surface area (Å²) in [5, 5.41) is 0.636. The van der Waals surface area contributed by atoms with Crippen LogP contribution in [0.2, 0.25) is 0 Å². The summed E-state index contributed by atoms with van der Waals surface area (Å²) in [4.78, 5) is 5.80. The largest absolute Gasteiger partial charge is 0.481 e. The van der Waals surface area contributed by atoms with E-state index < -0.39 is 0 Å². The van der Waals surface area contributed by atoms with Gasteiger partial charge in [0.1, 0.15) is 11.4 Å². The van der Waals surface area contributed by atoms with Gasteiger partial charge in [0.25, 0.3) is 0 Å². The van der Waals surface area contributed by atoms with Crippen LogP contribution in [0.3, 0.4) is 0 Å². The maximum Gasteiger partial charge on any atom is 0.180 e. The summed E-state index contributed by atoms with van der Waals surface area (Å²) in [6, 6.07) is 6.13. The fourth-order valence-electron chi connectivity index (χ4n) is 3.31. The van der Waals surface area contributed by atoms with Crippen LogP contribution in [-0.2, 0) is 5.60 Å². The quantitative estimate of drug-likeness (QED) is 0.748. The molecule has 5 heteroatoms. The van der Waals surface area contributed by atoms with Gasteiger partial charge in [-0.25, -0.2) is 4.98 Å². The maximum absolute atomic E-state index is 6.45. The molecule has 1 aliphatic heterocycles. The number of nitrogens with zero attached hydrogens (tertiary/aromatic N) is 1. The van der Waals surface area contributed by atoms with Crippen LogP contribution >= 0.6 is 27.3 Å².